The van der Waals surface area contributed by atoms with Gasteiger partial charge in [0.15, 0.2) is 11.5 Å². The fourth-order valence-corrected chi connectivity index (χ4v) is 3.85. The Hall–Kier alpha value is -2.82. The highest BCUT2D eigenvalue weighted by atomic mass is 32.2. The van der Waals surface area contributed by atoms with Crippen LogP contribution >= 0.6 is 0 Å². The first-order valence-corrected chi connectivity index (χ1v) is 10.6. The van der Waals surface area contributed by atoms with Gasteiger partial charge in [0, 0.05) is 38.3 Å². The number of nitrogens with one attached hydrogen (secondary N) is 1. The van der Waals surface area contributed by atoms with E-state index >= 15 is 0 Å². The Morgan fingerprint density at radius 1 is 1.00 bits per heavy atom. The number of ether oxygens (including phenoxy) is 2. The summed E-state index contributed by atoms with van der Waals surface area (Å²) in [6.45, 7) is 3.75. The number of fused-ring (bicyclic) bond motifs is 1. The summed E-state index contributed by atoms with van der Waals surface area (Å²) in [4.78, 5) is 16.7. The van der Waals surface area contributed by atoms with Crippen molar-refractivity contribution in [2.24, 2.45) is 0 Å². The van der Waals surface area contributed by atoms with Crippen LogP contribution in [-0.2, 0) is 16.8 Å². The van der Waals surface area contributed by atoms with Crippen LogP contribution in [0.25, 0.3) is 0 Å². The van der Waals surface area contributed by atoms with Crippen molar-refractivity contribution in [1.29, 1.82) is 0 Å². The van der Waals surface area contributed by atoms with Gasteiger partial charge in [-0.3, -0.25) is 19.0 Å². The predicted octanol–water partition coefficient (Wildman–Crippen LogP) is 1.59. The van der Waals surface area contributed by atoms with Crippen LogP contribution in [0.4, 0.5) is 5.69 Å². The highest BCUT2D eigenvalue weighted by Crippen LogP contribution is 2.32. The minimum atomic E-state index is -4.33. The molecule has 4 rings (SSSR count). The number of benzene rings is 2. The van der Waals surface area contributed by atoms with Crippen molar-refractivity contribution in [2.75, 3.05) is 37.7 Å². The van der Waals surface area contributed by atoms with Crippen molar-refractivity contribution in [2.45, 2.75) is 6.54 Å². The van der Waals surface area contributed by atoms with E-state index in [0.717, 1.165) is 36.7 Å². The molecular weight excluding hydrogens is 398 g/mol. The monoisotopic (exact) mass is 419 g/mol. The molecule has 2 aliphatic rings. The first kappa shape index (κ1) is 19.5. The average Bonchev–Trinajstić information content (AvgIpc) is 3.15. The summed E-state index contributed by atoms with van der Waals surface area (Å²) in [7, 11) is -4.33. The first-order chi connectivity index (χ1) is 13.9. The molecule has 9 nitrogen and oxygen atoms in total. The fourth-order valence-electron chi connectivity index (χ4n) is 3.42. The summed E-state index contributed by atoms with van der Waals surface area (Å²) in [5, 5.41) is 0. The zero-order chi connectivity index (χ0) is 20.4. The molecule has 2 aromatic rings. The minimum Gasteiger partial charge on any atom is -0.454 e. The summed E-state index contributed by atoms with van der Waals surface area (Å²) in [6, 6.07) is 11.9. The molecule has 2 aromatic carbocycles. The first-order valence-electron chi connectivity index (χ1n) is 9.13. The third-order valence-corrected chi connectivity index (χ3v) is 5.37. The topological polar surface area (TPSA) is 108 Å². The van der Waals surface area contributed by atoms with Gasteiger partial charge in [0.25, 0.3) is 5.91 Å². The van der Waals surface area contributed by atoms with E-state index in [1.165, 1.54) is 24.3 Å². The predicted molar refractivity (Wildman–Crippen MR) is 105 cm³/mol. The maximum absolute atomic E-state index is 12.7. The fraction of sp³-hybridized carbons (Fsp3) is 0.316. The maximum atomic E-state index is 12.7. The average molecular weight is 419 g/mol. The van der Waals surface area contributed by atoms with Gasteiger partial charge >= 0.3 is 10.3 Å². The van der Waals surface area contributed by atoms with Crippen molar-refractivity contribution in [3.8, 4) is 11.5 Å². The molecule has 1 amide bonds. The van der Waals surface area contributed by atoms with Gasteiger partial charge < -0.3 is 14.4 Å². The van der Waals surface area contributed by atoms with Gasteiger partial charge in [-0.25, -0.2) is 0 Å². The third kappa shape index (κ3) is 4.78. The second-order valence-corrected chi connectivity index (χ2v) is 8.06. The molecule has 0 saturated carbocycles. The molecule has 154 valence electrons. The lowest BCUT2D eigenvalue weighted by Gasteiger charge is -2.34. The smallest absolute Gasteiger partial charge is 0.357 e. The molecule has 10 heteroatoms. The lowest BCUT2D eigenvalue weighted by Crippen LogP contribution is -2.48. The molecule has 2 aliphatic heterocycles. The van der Waals surface area contributed by atoms with Gasteiger partial charge in [-0.05, 0) is 42.0 Å². The number of anilines is 1. The van der Waals surface area contributed by atoms with Crippen LogP contribution in [0.3, 0.4) is 0 Å². The molecule has 2 heterocycles. The summed E-state index contributed by atoms with van der Waals surface area (Å²) < 4.78 is 43.2. The van der Waals surface area contributed by atoms with E-state index in [2.05, 4.69) is 4.90 Å². The van der Waals surface area contributed by atoms with E-state index in [0.29, 0.717) is 18.7 Å². The standard InChI is InChI=1S/C19H21N3O6S/c23-19(15-2-4-16(5-3-15)20-29(24,25)26)22-9-7-21(8-10-22)12-14-1-6-17-18(11-14)28-13-27-17/h1-6,11,20H,7-10,12-13H2,(H,24,25,26). The molecule has 0 spiro atoms. The van der Waals surface area contributed by atoms with Crippen LogP contribution < -0.4 is 14.2 Å². The van der Waals surface area contributed by atoms with Crippen LogP contribution in [0.5, 0.6) is 11.5 Å². The van der Waals surface area contributed by atoms with E-state index in [4.69, 9.17) is 14.0 Å². The van der Waals surface area contributed by atoms with Gasteiger partial charge in [-0.2, -0.15) is 8.42 Å². The zero-order valence-electron chi connectivity index (χ0n) is 15.6. The quantitative estimate of drug-likeness (QED) is 0.709. The molecule has 1 saturated heterocycles. The van der Waals surface area contributed by atoms with E-state index in [-0.39, 0.29) is 18.4 Å². The Morgan fingerprint density at radius 3 is 2.38 bits per heavy atom. The van der Waals surface area contributed by atoms with Crippen LogP contribution in [0.1, 0.15) is 15.9 Å². The minimum absolute atomic E-state index is 0.105. The number of hydrogen-bond acceptors (Lipinski definition) is 6. The molecule has 0 atom stereocenters. The number of carbonyl (C=O) groups excluding carboxylic acids is 1. The van der Waals surface area contributed by atoms with Gasteiger partial charge in [0.1, 0.15) is 0 Å². The lowest BCUT2D eigenvalue weighted by atomic mass is 10.1. The zero-order valence-corrected chi connectivity index (χ0v) is 16.4. The molecule has 0 unspecified atom stereocenters. The van der Waals surface area contributed by atoms with Crippen molar-refractivity contribution < 1.29 is 27.2 Å². The van der Waals surface area contributed by atoms with Gasteiger partial charge in [-0.1, -0.05) is 6.07 Å². The van der Waals surface area contributed by atoms with E-state index in [1.807, 2.05) is 22.9 Å². The SMILES string of the molecule is O=C(c1ccc(NS(=O)(=O)O)cc1)N1CCN(Cc2ccc3c(c2)OCO3)CC1. The summed E-state index contributed by atoms with van der Waals surface area (Å²) in [5.41, 5.74) is 1.80. The summed E-state index contributed by atoms with van der Waals surface area (Å²) in [5.74, 6) is 1.43. The molecular formula is C19H21N3O6S. The number of hydrogen-bond donors (Lipinski definition) is 2. The van der Waals surface area contributed by atoms with Crippen LogP contribution in [0.15, 0.2) is 42.5 Å². The Balaban J connectivity index is 1.31. The number of nitrogens with zero attached hydrogens (tertiary/aromatic N) is 2. The third-order valence-electron chi connectivity index (χ3n) is 4.88. The van der Waals surface area contributed by atoms with Crippen LogP contribution in [0.2, 0.25) is 0 Å². The van der Waals surface area contributed by atoms with Gasteiger partial charge in [0.05, 0.1) is 5.69 Å². The van der Waals surface area contributed by atoms with E-state index < -0.39 is 10.3 Å². The molecule has 0 bridgehead atoms. The van der Waals surface area contributed by atoms with Crippen LogP contribution in [-0.4, -0.2) is 61.6 Å². The molecule has 0 aromatic heterocycles. The molecule has 1 fully saturated rings. The van der Waals surface area contributed by atoms with E-state index in [9.17, 15) is 13.2 Å². The second-order valence-electron chi connectivity index (χ2n) is 6.91. The molecule has 0 radical (unpaired) electrons. The Morgan fingerprint density at radius 2 is 1.69 bits per heavy atom. The van der Waals surface area contributed by atoms with Crippen molar-refractivity contribution in [3.05, 3.63) is 53.6 Å². The largest absolute Gasteiger partial charge is 0.454 e. The van der Waals surface area contributed by atoms with Crippen LogP contribution in [0, 0.1) is 0 Å². The van der Waals surface area contributed by atoms with Gasteiger partial charge in [-0.15, -0.1) is 0 Å². The highest BCUT2D eigenvalue weighted by molar-refractivity contribution is 7.87. The molecule has 2 N–H and O–H groups in total. The Labute approximate surface area is 168 Å². The molecule has 0 aliphatic carbocycles. The Bertz CT molecular complexity index is 1000. The number of carbonyl (C=O) groups is 1. The van der Waals surface area contributed by atoms with E-state index in [1.54, 1.807) is 4.90 Å². The normalized spacial score (nSPS) is 16.7. The molecule has 29 heavy (non-hydrogen) atoms. The number of amides is 1. The highest BCUT2D eigenvalue weighted by Gasteiger charge is 2.23. The number of rotatable bonds is 5. The van der Waals surface area contributed by atoms with Crippen molar-refractivity contribution in [1.82, 2.24) is 9.80 Å². The lowest BCUT2D eigenvalue weighted by molar-refractivity contribution is 0.0628. The summed E-state index contributed by atoms with van der Waals surface area (Å²) in [6.07, 6.45) is 0. The Kier molecular flexibility index (Phi) is 5.31. The van der Waals surface area contributed by atoms with Crippen molar-refractivity contribution in [3.63, 3.8) is 0 Å². The number of piperazine rings is 1. The summed E-state index contributed by atoms with van der Waals surface area (Å²) >= 11 is 0. The van der Waals surface area contributed by atoms with Crippen molar-refractivity contribution >= 4 is 21.9 Å². The second kappa shape index (κ2) is 7.90. The maximum Gasteiger partial charge on any atom is 0.357 e. The van der Waals surface area contributed by atoms with Gasteiger partial charge in [0.2, 0.25) is 6.79 Å².